The highest BCUT2D eigenvalue weighted by molar-refractivity contribution is 6.90. The Morgan fingerprint density at radius 1 is 0.933 bits per heavy atom. The zero-order valence-electron chi connectivity index (χ0n) is 28.1. The van der Waals surface area contributed by atoms with Crippen LogP contribution in [0.5, 0.6) is 0 Å². The van der Waals surface area contributed by atoms with Crippen molar-refractivity contribution in [1.82, 2.24) is 24.4 Å². The van der Waals surface area contributed by atoms with Crippen molar-refractivity contribution >= 4 is 36.4 Å². The minimum atomic E-state index is -2.03. The van der Waals surface area contributed by atoms with Crippen LogP contribution in [0, 0.1) is 18.4 Å². The molecular formula is C36H47N7OSi. The molecule has 0 spiro atoms. The molecular weight excluding hydrogens is 575 g/mol. The quantitative estimate of drug-likeness (QED) is 0.175. The first-order chi connectivity index (χ1) is 21.5. The Morgan fingerprint density at radius 3 is 2.20 bits per heavy atom. The van der Waals surface area contributed by atoms with Gasteiger partial charge in [0.1, 0.15) is 13.7 Å². The molecule has 5 rings (SSSR count). The second kappa shape index (κ2) is 13.6. The van der Waals surface area contributed by atoms with E-state index in [4.69, 9.17) is 9.97 Å². The average Bonchev–Trinajstić information content (AvgIpc) is 3.02. The first-order valence-electron chi connectivity index (χ1n) is 16.1. The largest absolute Gasteiger partial charge is 0.369 e. The Hall–Kier alpha value is -4.00. The Morgan fingerprint density at radius 2 is 1.60 bits per heavy atom. The van der Waals surface area contributed by atoms with Gasteiger partial charge >= 0.3 is 0 Å². The van der Waals surface area contributed by atoms with E-state index in [1.807, 2.05) is 25.3 Å². The number of pyridine rings is 2. The van der Waals surface area contributed by atoms with E-state index in [-0.39, 0.29) is 5.56 Å². The Bertz CT molecular complexity index is 1720. The number of hydrogen-bond acceptors (Lipinski definition) is 7. The molecule has 0 radical (unpaired) electrons. The highest BCUT2D eigenvalue weighted by Gasteiger charge is 2.41. The predicted molar refractivity (Wildman–Crippen MR) is 189 cm³/mol. The van der Waals surface area contributed by atoms with Crippen LogP contribution in [0.3, 0.4) is 0 Å². The normalized spacial score (nSPS) is 14.3. The fraction of sp³-hybridized carbons (Fsp3) is 0.444. The summed E-state index contributed by atoms with van der Waals surface area (Å²) < 4.78 is 1.73. The van der Waals surface area contributed by atoms with Crippen molar-refractivity contribution < 1.29 is 0 Å². The molecule has 3 aromatic heterocycles. The number of nitrogens with zero attached hydrogens (tertiary/aromatic N) is 6. The van der Waals surface area contributed by atoms with E-state index in [1.165, 1.54) is 5.69 Å². The van der Waals surface area contributed by atoms with Crippen LogP contribution < -0.4 is 15.8 Å². The van der Waals surface area contributed by atoms with Gasteiger partial charge in [0.05, 0.1) is 11.9 Å². The summed E-state index contributed by atoms with van der Waals surface area (Å²) in [5.74, 6) is 4.00. The summed E-state index contributed by atoms with van der Waals surface area (Å²) in [7, 11) is 0.133. The minimum Gasteiger partial charge on any atom is -0.369 e. The van der Waals surface area contributed by atoms with Gasteiger partial charge in [0.15, 0.2) is 0 Å². The second-order valence-electron chi connectivity index (χ2n) is 13.3. The van der Waals surface area contributed by atoms with Crippen molar-refractivity contribution in [2.45, 2.75) is 71.6 Å². The molecule has 0 bridgehead atoms. The van der Waals surface area contributed by atoms with Gasteiger partial charge in [-0.3, -0.25) is 14.3 Å². The number of aromatic nitrogens is 4. The molecule has 0 amide bonds. The Kier molecular flexibility index (Phi) is 9.75. The zero-order chi connectivity index (χ0) is 32.3. The summed E-state index contributed by atoms with van der Waals surface area (Å²) in [5.41, 5.74) is 10.1. The summed E-state index contributed by atoms with van der Waals surface area (Å²) in [4.78, 5) is 32.7. The van der Waals surface area contributed by atoms with Gasteiger partial charge in [0, 0.05) is 67.3 Å². The minimum absolute atomic E-state index is 0.0947. The highest BCUT2D eigenvalue weighted by atomic mass is 28.3. The molecule has 9 heteroatoms. The first kappa shape index (κ1) is 32.4. The fourth-order valence-corrected chi connectivity index (χ4v) is 12.2. The fourth-order valence-electron chi connectivity index (χ4n) is 6.96. The number of rotatable bonds is 8. The molecule has 1 aliphatic heterocycles. The van der Waals surface area contributed by atoms with Crippen LogP contribution in [0.15, 0.2) is 59.8 Å². The predicted octanol–water partition coefficient (Wildman–Crippen LogP) is 6.61. The summed E-state index contributed by atoms with van der Waals surface area (Å²) in [6.07, 6.45) is 5.35. The van der Waals surface area contributed by atoms with Crippen LogP contribution >= 0.6 is 0 Å². The molecule has 0 unspecified atom stereocenters. The number of fused-ring (bicyclic) bond motifs is 1. The van der Waals surface area contributed by atoms with E-state index in [0.717, 1.165) is 48.4 Å². The Labute approximate surface area is 268 Å². The van der Waals surface area contributed by atoms with E-state index in [0.29, 0.717) is 40.3 Å². The lowest BCUT2D eigenvalue weighted by Crippen LogP contribution is -2.44. The zero-order valence-corrected chi connectivity index (χ0v) is 29.1. The molecule has 0 aliphatic carbocycles. The van der Waals surface area contributed by atoms with Crippen LogP contribution in [0.1, 0.15) is 58.2 Å². The average molecular weight is 622 g/mol. The SMILES string of the molecule is Cc1c(C#C[Si](C(C)C)(C(C)C)C(C)C)c2cnc(Nc3ccc(N4CCN(C)CC4)cc3)nc2n(Cc2cccnc2)c1=O. The van der Waals surface area contributed by atoms with Gasteiger partial charge in [0.25, 0.3) is 5.56 Å². The van der Waals surface area contributed by atoms with E-state index < -0.39 is 8.07 Å². The smallest absolute Gasteiger partial charge is 0.256 e. The molecule has 1 saturated heterocycles. The van der Waals surface area contributed by atoms with E-state index in [9.17, 15) is 4.79 Å². The molecule has 8 nitrogen and oxygen atoms in total. The number of hydrogen-bond donors (Lipinski definition) is 1. The molecule has 4 heterocycles. The van der Waals surface area contributed by atoms with E-state index in [2.05, 4.69) is 104 Å². The second-order valence-corrected chi connectivity index (χ2v) is 18.9. The third kappa shape index (κ3) is 6.68. The molecule has 0 saturated carbocycles. The topological polar surface area (TPSA) is 79.2 Å². The standard InChI is InChI=1S/C36H47N7OSi/c1-25(2)45(26(3)4,27(5)6)21-15-32-28(7)35(44)43(24-29-10-9-16-37-22-29)34-33(32)23-38-36(40-34)39-30-11-13-31(14-12-30)42-19-17-41(8)18-20-42/h9-14,16,22-23,25-27H,17-20,24H2,1-8H3,(H,38,39,40). The molecule has 1 fully saturated rings. The van der Waals surface area contributed by atoms with Crippen LogP contribution in [0.2, 0.25) is 16.6 Å². The summed E-state index contributed by atoms with van der Waals surface area (Å²) in [6, 6.07) is 12.3. The van der Waals surface area contributed by atoms with Crippen LogP contribution in [-0.2, 0) is 6.54 Å². The van der Waals surface area contributed by atoms with Crippen LogP contribution in [0.25, 0.3) is 11.0 Å². The molecule has 45 heavy (non-hydrogen) atoms. The summed E-state index contributed by atoms with van der Waals surface area (Å²) in [5, 5.41) is 4.16. The molecule has 1 aromatic carbocycles. The van der Waals surface area contributed by atoms with Gasteiger partial charge in [-0.25, -0.2) is 4.98 Å². The third-order valence-corrected chi connectivity index (χ3v) is 15.9. The van der Waals surface area contributed by atoms with Crippen LogP contribution in [0.4, 0.5) is 17.3 Å². The number of benzene rings is 1. The van der Waals surface area contributed by atoms with Crippen molar-refractivity contribution in [3.05, 3.63) is 82.0 Å². The van der Waals surface area contributed by atoms with Gasteiger partial charge in [-0.2, -0.15) is 4.98 Å². The third-order valence-electron chi connectivity index (χ3n) is 9.56. The van der Waals surface area contributed by atoms with Crippen molar-refractivity contribution in [2.24, 2.45) is 0 Å². The van der Waals surface area contributed by atoms with Crippen molar-refractivity contribution in [2.75, 3.05) is 43.4 Å². The van der Waals surface area contributed by atoms with E-state index in [1.54, 1.807) is 17.0 Å². The molecule has 4 aromatic rings. The van der Waals surface area contributed by atoms with E-state index >= 15 is 0 Å². The first-order valence-corrected chi connectivity index (χ1v) is 18.4. The molecule has 236 valence electrons. The van der Waals surface area contributed by atoms with Gasteiger partial charge in [-0.15, -0.1) is 5.54 Å². The lowest BCUT2D eigenvalue weighted by Gasteiger charge is -2.38. The van der Waals surface area contributed by atoms with Crippen LogP contribution in [-0.4, -0.2) is 65.7 Å². The number of nitrogens with one attached hydrogen (secondary N) is 1. The van der Waals surface area contributed by atoms with Crippen molar-refractivity contribution in [3.8, 4) is 11.5 Å². The van der Waals surface area contributed by atoms with Gasteiger partial charge in [-0.1, -0.05) is 53.5 Å². The number of likely N-dealkylation sites (N-methyl/N-ethyl adjacent to an activating group) is 1. The summed E-state index contributed by atoms with van der Waals surface area (Å²) in [6.45, 7) is 20.2. The lowest BCUT2D eigenvalue weighted by molar-refractivity contribution is 0.313. The van der Waals surface area contributed by atoms with Gasteiger partial charge < -0.3 is 15.1 Å². The van der Waals surface area contributed by atoms with Gasteiger partial charge in [0.2, 0.25) is 5.95 Å². The molecule has 0 atom stereocenters. The van der Waals surface area contributed by atoms with Crippen molar-refractivity contribution in [1.29, 1.82) is 0 Å². The number of anilines is 3. The lowest BCUT2D eigenvalue weighted by atomic mass is 10.1. The monoisotopic (exact) mass is 621 g/mol. The maximum atomic E-state index is 14.0. The molecule has 1 N–H and O–H groups in total. The highest BCUT2D eigenvalue weighted by Crippen LogP contribution is 2.41. The van der Waals surface area contributed by atoms with Gasteiger partial charge in [-0.05, 0) is 66.5 Å². The molecule has 1 aliphatic rings. The maximum absolute atomic E-state index is 14.0. The summed E-state index contributed by atoms with van der Waals surface area (Å²) >= 11 is 0. The number of piperazine rings is 1. The maximum Gasteiger partial charge on any atom is 0.256 e. The van der Waals surface area contributed by atoms with Crippen molar-refractivity contribution in [3.63, 3.8) is 0 Å². The Balaban J connectivity index is 1.58.